The van der Waals surface area contributed by atoms with Crippen LogP contribution in [0.2, 0.25) is 0 Å². The smallest absolute Gasteiger partial charge is 0.314 e. The van der Waals surface area contributed by atoms with Gasteiger partial charge in [0.25, 0.3) is 0 Å². The van der Waals surface area contributed by atoms with Gasteiger partial charge in [-0.1, -0.05) is 61.7 Å². The Morgan fingerprint density at radius 1 is 1.10 bits per heavy atom. The van der Waals surface area contributed by atoms with Crippen molar-refractivity contribution in [2.45, 2.75) is 32.1 Å². The van der Waals surface area contributed by atoms with Crippen LogP contribution < -0.4 is 10.2 Å². The van der Waals surface area contributed by atoms with E-state index in [0.29, 0.717) is 5.75 Å². The number of carbonyl (C=O) groups excluding carboxylic acids is 1. The molecule has 1 saturated carbocycles. The molecule has 3 aromatic rings. The Hall–Kier alpha value is -2.99. The Morgan fingerprint density at radius 2 is 1.93 bits per heavy atom. The third-order valence-electron chi connectivity index (χ3n) is 4.96. The lowest BCUT2D eigenvalue weighted by Crippen LogP contribution is -2.22. The van der Waals surface area contributed by atoms with Gasteiger partial charge in [0.15, 0.2) is 0 Å². The highest BCUT2D eigenvalue weighted by Crippen LogP contribution is 2.26. The number of hydrogen-bond acceptors (Lipinski definition) is 6. The van der Waals surface area contributed by atoms with Crippen molar-refractivity contribution in [3.8, 4) is 17.0 Å². The van der Waals surface area contributed by atoms with Crippen LogP contribution in [0.5, 0.6) is 5.75 Å². The van der Waals surface area contributed by atoms with Gasteiger partial charge >= 0.3 is 5.97 Å². The van der Waals surface area contributed by atoms with Gasteiger partial charge in [0.2, 0.25) is 5.13 Å². The zero-order valence-electron chi connectivity index (χ0n) is 16.1. The predicted octanol–water partition coefficient (Wildman–Crippen LogP) is 5.74. The second kappa shape index (κ2) is 9.47. The van der Waals surface area contributed by atoms with Crippen molar-refractivity contribution in [2.24, 2.45) is 11.0 Å². The van der Waals surface area contributed by atoms with Gasteiger partial charge in [0.1, 0.15) is 5.75 Å². The van der Waals surface area contributed by atoms with E-state index in [1.807, 2.05) is 53.9 Å². The van der Waals surface area contributed by atoms with Gasteiger partial charge in [-0.05, 0) is 30.5 Å². The van der Waals surface area contributed by atoms with Crippen molar-refractivity contribution >= 4 is 28.7 Å². The Balaban J connectivity index is 1.35. The molecule has 1 heterocycles. The molecule has 0 amide bonds. The van der Waals surface area contributed by atoms with Crippen molar-refractivity contribution in [2.75, 3.05) is 5.43 Å². The summed E-state index contributed by atoms with van der Waals surface area (Å²) >= 11 is 1.50. The number of benzene rings is 2. The molecule has 1 fully saturated rings. The first-order valence-electron chi connectivity index (χ1n) is 9.90. The van der Waals surface area contributed by atoms with Crippen LogP contribution in [0, 0.1) is 5.92 Å². The van der Waals surface area contributed by atoms with E-state index >= 15 is 0 Å². The van der Waals surface area contributed by atoms with Gasteiger partial charge in [-0.2, -0.15) is 5.10 Å². The predicted molar refractivity (Wildman–Crippen MR) is 117 cm³/mol. The number of nitrogens with zero attached hydrogens (tertiary/aromatic N) is 2. The zero-order valence-corrected chi connectivity index (χ0v) is 16.9. The van der Waals surface area contributed by atoms with Gasteiger partial charge < -0.3 is 4.74 Å². The zero-order chi connectivity index (χ0) is 19.9. The number of aromatic nitrogens is 1. The van der Waals surface area contributed by atoms with Gasteiger partial charge in [-0.3, -0.25) is 10.2 Å². The summed E-state index contributed by atoms with van der Waals surface area (Å²) in [7, 11) is 0. The molecule has 2 aromatic carbocycles. The topological polar surface area (TPSA) is 63.6 Å². The molecule has 0 radical (unpaired) electrons. The first-order chi connectivity index (χ1) is 14.3. The molecule has 1 aliphatic rings. The molecule has 1 aromatic heterocycles. The highest BCUT2D eigenvalue weighted by atomic mass is 32.1. The lowest BCUT2D eigenvalue weighted by atomic mass is 9.89. The fourth-order valence-corrected chi connectivity index (χ4v) is 4.09. The van der Waals surface area contributed by atoms with Crippen LogP contribution in [-0.4, -0.2) is 17.2 Å². The van der Waals surface area contributed by atoms with E-state index in [2.05, 4.69) is 15.5 Å². The minimum Gasteiger partial charge on any atom is -0.426 e. The maximum atomic E-state index is 12.3. The number of nitrogens with one attached hydrogen (secondary N) is 1. The summed E-state index contributed by atoms with van der Waals surface area (Å²) in [6.07, 6.45) is 7.00. The normalized spacial score (nSPS) is 14.8. The highest BCUT2D eigenvalue weighted by Gasteiger charge is 2.22. The average Bonchev–Trinajstić information content (AvgIpc) is 3.24. The quantitative estimate of drug-likeness (QED) is 0.246. The molecule has 29 heavy (non-hydrogen) atoms. The van der Waals surface area contributed by atoms with E-state index in [1.165, 1.54) is 17.8 Å². The molecule has 4 rings (SSSR count). The third kappa shape index (κ3) is 5.29. The number of carbonyl (C=O) groups is 1. The van der Waals surface area contributed by atoms with Crippen LogP contribution in [-0.2, 0) is 4.79 Å². The average molecular weight is 406 g/mol. The summed E-state index contributed by atoms with van der Waals surface area (Å²) in [5, 5.41) is 6.98. The van der Waals surface area contributed by atoms with Gasteiger partial charge in [0.05, 0.1) is 17.8 Å². The Bertz CT molecular complexity index is 979. The van der Waals surface area contributed by atoms with Crippen LogP contribution in [0.1, 0.15) is 37.7 Å². The van der Waals surface area contributed by atoms with E-state index < -0.39 is 0 Å². The maximum absolute atomic E-state index is 12.3. The monoisotopic (exact) mass is 405 g/mol. The van der Waals surface area contributed by atoms with Crippen molar-refractivity contribution in [1.29, 1.82) is 0 Å². The molecule has 1 N–H and O–H groups in total. The molecule has 0 bridgehead atoms. The second-order valence-corrected chi connectivity index (χ2v) is 7.96. The summed E-state index contributed by atoms with van der Waals surface area (Å²) in [6, 6.07) is 17.4. The number of rotatable bonds is 6. The Kier molecular flexibility index (Phi) is 6.32. The first-order valence-corrected chi connectivity index (χ1v) is 10.8. The maximum Gasteiger partial charge on any atom is 0.314 e. The lowest BCUT2D eigenvalue weighted by Gasteiger charge is -2.19. The van der Waals surface area contributed by atoms with Crippen molar-refractivity contribution in [3.63, 3.8) is 0 Å². The SMILES string of the molecule is O=C(Oc1cccc(C=NNc2nc(-c3ccccc3)cs2)c1)C1CCCCC1. The molecule has 1 aliphatic carbocycles. The number of thiazole rings is 1. The first kappa shape index (κ1) is 19.3. The van der Waals surface area contributed by atoms with Crippen LogP contribution in [0.25, 0.3) is 11.3 Å². The summed E-state index contributed by atoms with van der Waals surface area (Å²) in [6.45, 7) is 0. The van der Waals surface area contributed by atoms with Crippen LogP contribution in [0.15, 0.2) is 65.1 Å². The van der Waals surface area contributed by atoms with Crippen LogP contribution in [0.4, 0.5) is 5.13 Å². The number of esters is 1. The summed E-state index contributed by atoms with van der Waals surface area (Å²) in [5.41, 5.74) is 5.82. The minimum absolute atomic E-state index is 0.0338. The molecule has 0 aliphatic heterocycles. The number of hydrogen-bond donors (Lipinski definition) is 1. The van der Waals surface area contributed by atoms with Crippen molar-refractivity contribution in [3.05, 3.63) is 65.5 Å². The molecule has 0 atom stereocenters. The number of hydrazone groups is 1. The second-order valence-electron chi connectivity index (χ2n) is 7.10. The van der Waals surface area contributed by atoms with Crippen molar-refractivity contribution < 1.29 is 9.53 Å². The Labute approximate surface area is 174 Å². The molecule has 6 heteroatoms. The van der Waals surface area contributed by atoms with Crippen LogP contribution >= 0.6 is 11.3 Å². The fraction of sp³-hybridized carbons (Fsp3) is 0.261. The number of anilines is 1. The van der Waals surface area contributed by atoms with Crippen LogP contribution in [0.3, 0.4) is 0 Å². The van der Waals surface area contributed by atoms with E-state index in [4.69, 9.17) is 4.74 Å². The molecular weight excluding hydrogens is 382 g/mol. The highest BCUT2D eigenvalue weighted by molar-refractivity contribution is 7.14. The van der Waals surface area contributed by atoms with E-state index in [-0.39, 0.29) is 11.9 Å². The summed E-state index contributed by atoms with van der Waals surface area (Å²) in [4.78, 5) is 16.9. The standard InChI is InChI=1S/C23H23N3O2S/c27-22(19-11-5-2-6-12-19)28-20-13-7-8-17(14-20)15-24-26-23-25-21(16-29-23)18-9-3-1-4-10-18/h1,3-4,7-10,13-16,19H,2,5-6,11-12H2,(H,25,26). The number of ether oxygens (including phenoxy) is 1. The van der Waals surface area contributed by atoms with E-state index in [1.54, 1.807) is 12.3 Å². The minimum atomic E-state index is -0.117. The van der Waals surface area contributed by atoms with Gasteiger partial charge in [-0.25, -0.2) is 4.98 Å². The fourth-order valence-electron chi connectivity index (χ4n) is 3.42. The molecule has 0 unspecified atom stereocenters. The van der Waals surface area contributed by atoms with Crippen molar-refractivity contribution in [1.82, 2.24) is 4.98 Å². The largest absolute Gasteiger partial charge is 0.426 e. The molecular formula is C23H23N3O2S. The summed E-state index contributed by atoms with van der Waals surface area (Å²) in [5.74, 6) is 0.477. The molecule has 5 nitrogen and oxygen atoms in total. The Morgan fingerprint density at radius 3 is 2.76 bits per heavy atom. The van der Waals surface area contributed by atoms with E-state index in [0.717, 1.165) is 47.6 Å². The van der Waals surface area contributed by atoms with E-state index in [9.17, 15) is 4.79 Å². The third-order valence-corrected chi connectivity index (χ3v) is 5.71. The molecule has 0 spiro atoms. The summed E-state index contributed by atoms with van der Waals surface area (Å²) < 4.78 is 5.58. The molecule has 148 valence electrons. The lowest BCUT2D eigenvalue weighted by molar-refractivity contribution is -0.139. The molecule has 0 saturated heterocycles. The van der Waals surface area contributed by atoms with Gasteiger partial charge in [-0.15, -0.1) is 11.3 Å². The van der Waals surface area contributed by atoms with Gasteiger partial charge in [0, 0.05) is 10.9 Å².